The van der Waals surface area contributed by atoms with Crippen LogP contribution >= 0.6 is 11.6 Å². The molecule has 3 aromatic rings. The van der Waals surface area contributed by atoms with Gasteiger partial charge in [0.05, 0.1) is 6.54 Å². The van der Waals surface area contributed by atoms with Crippen LogP contribution < -0.4 is 5.32 Å². The minimum Gasteiger partial charge on any atom is -0.353 e. The fourth-order valence-electron chi connectivity index (χ4n) is 3.82. The third kappa shape index (κ3) is 4.73. The van der Waals surface area contributed by atoms with Crippen molar-refractivity contribution in [2.45, 2.75) is 12.7 Å². The van der Waals surface area contributed by atoms with Crippen LogP contribution in [0.1, 0.15) is 21.7 Å². The summed E-state index contributed by atoms with van der Waals surface area (Å²) < 4.78 is 57.8. The minimum atomic E-state index is -4.82. The van der Waals surface area contributed by atoms with Gasteiger partial charge in [0.15, 0.2) is 0 Å². The number of rotatable bonds is 4. The van der Waals surface area contributed by atoms with Crippen LogP contribution in [-0.4, -0.2) is 40.9 Å². The maximum Gasteiger partial charge on any atom is 0.431 e. The average molecular weight is 480 g/mol. The van der Waals surface area contributed by atoms with Gasteiger partial charge in [-0.1, -0.05) is 41.9 Å². The maximum absolute atomic E-state index is 14.8. The first kappa shape index (κ1) is 22.8. The topological polar surface area (TPSA) is 54.3 Å². The number of hydrogen-bond donors (Lipinski definition) is 1. The van der Waals surface area contributed by atoms with E-state index < -0.39 is 29.5 Å². The van der Waals surface area contributed by atoms with Gasteiger partial charge < -0.3 is 14.8 Å². The summed E-state index contributed by atoms with van der Waals surface area (Å²) in [6.45, 7) is -0.295. The molecule has 10 heteroatoms. The Morgan fingerprint density at radius 3 is 2.42 bits per heavy atom. The van der Waals surface area contributed by atoms with Gasteiger partial charge in [-0.2, -0.15) is 13.2 Å². The van der Waals surface area contributed by atoms with Gasteiger partial charge in [0.25, 0.3) is 5.91 Å². The molecule has 2 amide bonds. The summed E-state index contributed by atoms with van der Waals surface area (Å²) in [4.78, 5) is 26.5. The number of aromatic nitrogens is 1. The molecule has 0 aliphatic carbocycles. The summed E-state index contributed by atoms with van der Waals surface area (Å²) in [5.41, 5.74) is -1.33. The number of alkyl halides is 3. The molecule has 1 aromatic heterocycles. The number of amides is 2. The Labute approximate surface area is 191 Å². The molecule has 1 fully saturated rings. The molecule has 0 bridgehead atoms. The van der Waals surface area contributed by atoms with Gasteiger partial charge in [0.1, 0.15) is 17.2 Å². The van der Waals surface area contributed by atoms with Gasteiger partial charge in [0, 0.05) is 35.8 Å². The van der Waals surface area contributed by atoms with Crippen molar-refractivity contribution in [2.75, 3.05) is 19.6 Å². The lowest BCUT2D eigenvalue weighted by Crippen LogP contribution is -2.50. The lowest BCUT2D eigenvalue weighted by molar-refractivity contribution is -0.143. The van der Waals surface area contributed by atoms with Crippen LogP contribution in [0.5, 0.6) is 0 Å². The first-order valence-corrected chi connectivity index (χ1v) is 10.4. The summed E-state index contributed by atoms with van der Waals surface area (Å²) in [7, 11) is 0. The second-order valence-electron chi connectivity index (χ2n) is 7.56. The summed E-state index contributed by atoms with van der Waals surface area (Å²) >= 11 is 5.82. The molecule has 1 N–H and O–H groups in total. The van der Waals surface area contributed by atoms with Crippen molar-refractivity contribution in [3.63, 3.8) is 0 Å². The van der Waals surface area contributed by atoms with E-state index in [1.54, 1.807) is 30.3 Å². The van der Waals surface area contributed by atoms with E-state index in [0.717, 1.165) is 21.6 Å². The summed E-state index contributed by atoms with van der Waals surface area (Å²) in [5.74, 6) is -2.08. The standard InChI is InChI=1S/C23H18ClF4N3O2/c24-15-6-7-16(18(25)10-15)17-11-19(23(26,27)28)31(12-14-4-2-1-3-5-14)21(17)22(33)30-9-8-29-20(32)13-30/h1-7,10-11H,8-9,12-13H2,(H,29,32). The Bertz CT molecular complexity index is 1210. The molecule has 0 spiro atoms. The fraction of sp³-hybridized carbons (Fsp3) is 0.217. The van der Waals surface area contributed by atoms with E-state index in [4.69, 9.17) is 11.6 Å². The number of halogens is 5. The first-order chi connectivity index (χ1) is 15.6. The SMILES string of the molecule is O=C1CN(C(=O)c2c(-c3ccc(Cl)cc3F)cc(C(F)(F)F)n2Cc2ccccc2)CCN1. The van der Waals surface area contributed by atoms with Crippen molar-refractivity contribution in [3.05, 3.63) is 82.4 Å². The van der Waals surface area contributed by atoms with E-state index in [2.05, 4.69) is 5.32 Å². The quantitative estimate of drug-likeness (QED) is 0.557. The van der Waals surface area contributed by atoms with Gasteiger partial charge in [-0.05, 0) is 29.8 Å². The molecule has 2 aromatic carbocycles. The minimum absolute atomic E-state index is 0.0663. The third-order valence-electron chi connectivity index (χ3n) is 5.32. The largest absolute Gasteiger partial charge is 0.431 e. The predicted octanol–water partition coefficient (Wildman–Crippen LogP) is 4.59. The second kappa shape index (κ2) is 8.90. The monoisotopic (exact) mass is 479 g/mol. The predicted molar refractivity (Wildman–Crippen MR) is 114 cm³/mol. The van der Waals surface area contributed by atoms with Crippen LogP contribution in [0.2, 0.25) is 5.02 Å². The summed E-state index contributed by atoms with van der Waals surface area (Å²) in [6, 6.07) is 12.6. The first-order valence-electron chi connectivity index (χ1n) is 10.0. The molecule has 1 aliphatic rings. The molecular weight excluding hydrogens is 462 g/mol. The normalized spacial score (nSPS) is 14.3. The van der Waals surface area contributed by atoms with Crippen LogP contribution in [0.3, 0.4) is 0 Å². The Hall–Kier alpha value is -3.33. The van der Waals surface area contributed by atoms with Crippen molar-refractivity contribution in [1.82, 2.24) is 14.8 Å². The summed E-state index contributed by atoms with van der Waals surface area (Å²) in [5, 5.41) is 2.64. The van der Waals surface area contributed by atoms with Crippen molar-refractivity contribution >= 4 is 23.4 Å². The number of nitrogens with one attached hydrogen (secondary N) is 1. The van der Waals surface area contributed by atoms with E-state index in [-0.39, 0.29) is 48.0 Å². The smallest absolute Gasteiger partial charge is 0.353 e. The van der Waals surface area contributed by atoms with Crippen LogP contribution in [0.15, 0.2) is 54.6 Å². The van der Waals surface area contributed by atoms with Gasteiger partial charge >= 0.3 is 6.18 Å². The van der Waals surface area contributed by atoms with Crippen molar-refractivity contribution in [2.24, 2.45) is 0 Å². The number of nitrogens with zero attached hydrogens (tertiary/aromatic N) is 2. The summed E-state index contributed by atoms with van der Waals surface area (Å²) in [6.07, 6.45) is -4.82. The van der Waals surface area contributed by atoms with Gasteiger partial charge in [-0.25, -0.2) is 4.39 Å². The molecule has 1 saturated heterocycles. The number of carbonyl (C=O) groups is 2. The average Bonchev–Trinajstić information content (AvgIpc) is 3.13. The van der Waals surface area contributed by atoms with Gasteiger partial charge in [-0.15, -0.1) is 0 Å². The molecule has 4 rings (SSSR count). The zero-order valence-corrected chi connectivity index (χ0v) is 17.9. The Morgan fingerprint density at radius 2 is 1.79 bits per heavy atom. The van der Waals surface area contributed by atoms with Gasteiger partial charge in [0.2, 0.25) is 5.91 Å². The van der Waals surface area contributed by atoms with E-state index in [0.29, 0.717) is 5.56 Å². The van der Waals surface area contributed by atoms with E-state index in [9.17, 15) is 27.2 Å². The molecule has 0 saturated carbocycles. The highest BCUT2D eigenvalue weighted by atomic mass is 35.5. The Kier molecular flexibility index (Phi) is 6.16. The second-order valence-corrected chi connectivity index (χ2v) is 8.00. The Balaban J connectivity index is 1.95. The van der Waals surface area contributed by atoms with E-state index >= 15 is 0 Å². The number of hydrogen-bond acceptors (Lipinski definition) is 2. The highest BCUT2D eigenvalue weighted by Gasteiger charge is 2.40. The van der Waals surface area contributed by atoms with Crippen LogP contribution in [-0.2, 0) is 17.5 Å². The van der Waals surface area contributed by atoms with Crippen LogP contribution in [0.25, 0.3) is 11.1 Å². The van der Waals surface area contributed by atoms with E-state index in [1.807, 2.05) is 0 Å². The third-order valence-corrected chi connectivity index (χ3v) is 5.56. The van der Waals surface area contributed by atoms with Crippen LogP contribution in [0, 0.1) is 5.82 Å². The molecule has 0 unspecified atom stereocenters. The maximum atomic E-state index is 14.8. The molecule has 0 radical (unpaired) electrons. The molecule has 2 heterocycles. The lowest BCUT2D eigenvalue weighted by Gasteiger charge is -2.28. The molecule has 0 atom stereocenters. The Morgan fingerprint density at radius 1 is 1.06 bits per heavy atom. The molecule has 172 valence electrons. The molecule has 33 heavy (non-hydrogen) atoms. The molecular formula is C23H18ClF4N3O2. The number of carbonyl (C=O) groups excluding carboxylic acids is 2. The molecule has 5 nitrogen and oxygen atoms in total. The zero-order valence-electron chi connectivity index (χ0n) is 17.1. The number of piperazine rings is 1. The van der Waals surface area contributed by atoms with E-state index in [1.165, 1.54) is 12.1 Å². The van der Waals surface area contributed by atoms with Crippen molar-refractivity contribution in [3.8, 4) is 11.1 Å². The van der Waals surface area contributed by atoms with Crippen molar-refractivity contribution < 1.29 is 27.2 Å². The molecule has 1 aliphatic heterocycles. The van der Waals surface area contributed by atoms with Crippen molar-refractivity contribution in [1.29, 1.82) is 0 Å². The fourth-order valence-corrected chi connectivity index (χ4v) is 3.98. The highest BCUT2D eigenvalue weighted by Crippen LogP contribution is 2.39. The van der Waals surface area contributed by atoms with Crippen LogP contribution in [0.4, 0.5) is 17.6 Å². The highest BCUT2D eigenvalue weighted by molar-refractivity contribution is 6.30. The number of benzene rings is 2. The lowest BCUT2D eigenvalue weighted by atomic mass is 10.0. The zero-order chi connectivity index (χ0) is 23.8. The van der Waals surface area contributed by atoms with Gasteiger partial charge in [-0.3, -0.25) is 9.59 Å².